The van der Waals surface area contributed by atoms with Crippen LogP contribution in [0.3, 0.4) is 0 Å². The number of carbonyl (C=O) groups excluding carboxylic acids is 2. The molecule has 0 aromatic heterocycles. The van der Waals surface area contributed by atoms with Crippen molar-refractivity contribution < 1.29 is 143 Å². The molecule has 17 N–H and O–H groups in total. The van der Waals surface area contributed by atoms with Gasteiger partial charge in [-0.3, -0.25) is 18.9 Å². The number of morpholine rings is 1. The van der Waals surface area contributed by atoms with Gasteiger partial charge in [0.25, 0.3) is 5.79 Å². The fraction of sp³-hybridized carbons (Fsp3) is 0.608. The molecule has 117 heavy (non-hydrogen) atoms. The van der Waals surface area contributed by atoms with Gasteiger partial charge in [0.05, 0.1) is 91.8 Å². The number of halogens is 1. The molecule has 0 saturated carbocycles. The smallest absolute Gasteiger partial charge is 0.364 e. The van der Waals surface area contributed by atoms with Crippen LogP contribution in [0.15, 0.2) is 106 Å². The first kappa shape index (κ1) is 101. The highest BCUT2D eigenvalue weighted by Crippen LogP contribution is 2.40. The molecular weight excluding hydrogens is 1590 g/mol. The van der Waals surface area contributed by atoms with Crippen molar-refractivity contribution in [2.45, 2.75) is 206 Å². The molecule has 15 atom stereocenters. The zero-order chi connectivity index (χ0) is 85.8. The number of fused-ring (bicyclic) bond motifs is 2. The minimum Gasteiger partial charge on any atom is -1.00 e. The number of aliphatic carboxylic acids is 2. The van der Waals surface area contributed by atoms with Gasteiger partial charge in [-0.05, 0) is 88.4 Å². The van der Waals surface area contributed by atoms with Crippen molar-refractivity contribution in [3.05, 3.63) is 102 Å². The Bertz CT molecular complexity index is 4200. The number of sulfonamides is 1. The van der Waals surface area contributed by atoms with Crippen LogP contribution >= 0.6 is 0 Å². The Morgan fingerprint density at radius 2 is 1.25 bits per heavy atom. The topological polar surface area (TPSA) is 528 Å². The maximum absolute atomic E-state index is 13.2. The number of ether oxygens (including phenoxy) is 6. The molecular formula is C79H121ClN8O27S2. The number of unbranched alkanes of at least 4 members (excludes halogenated alkanes) is 6. The third kappa shape index (κ3) is 28.9. The van der Waals surface area contributed by atoms with E-state index in [9.17, 15) is 87.1 Å². The average molecular weight is 1710 g/mol. The molecule has 658 valence electrons. The number of nitrogens with one attached hydrogen (secondary N) is 2. The summed E-state index contributed by atoms with van der Waals surface area (Å²) < 4.78 is 89.6. The number of ketones is 1. The Labute approximate surface area is 689 Å². The van der Waals surface area contributed by atoms with Crippen molar-refractivity contribution in [3.8, 4) is 0 Å². The van der Waals surface area contributed by atoms with Crippen LogP contribution < -0.4 is 48.4 Å². The van der Waals surface area contributed by atoms with Crippen molar-refractivity contribution >= 4 is 87.8 Å². The van der Waals surface area contributed by atoms with Crippen molar-refractivity contribution in [2.24, 2.45) is 16.8 Å². The summed E-state index contributed by atoms with van der Waals surface area (Å²) in [5.41, 5.74) is 11.8. The van der Waals surface area contributed by atoms with Crippen molar-refractivity contribution in [1.29, 1.82) is 0 Å². The number of rotatable bonds is 37. The lowest BCUT2D eigenvalue weighted by Gasteiger charge is -2.50. The van der Waals surface area contributed by atoms with Gasteiger partial charge in [-0.2, -0.15) is 0 Å². The van der Waals surface area contributed by atoms with Crippen LogP contribution in [0.1, 0.15) is 102 Å². The Hall–Kier alpha value is -6.84. The van der Waals surface area contributed by atoms with E-state index < -0.39 is 168 Å². The predicted molar refractivity (Wildman–Crippen MR) is 431 cm³/mol. The third-order valence-electron chi connectivity index (χ3n) is 20.2. The molecule has 0 radical (unpaired) electrons. The second kappa shape index (κ2) is 48.0. The number of nitrogens with two attached hydrogens (primary N) is 2. The SMILES string of the molecule is CC(=O)N[C@H]1[C@H](C[C@H](O)CO)O[C@@](O[C@H]2[C@@H](O)[C@@H](CO)O[C@@H](O[C@H]3[C@H](O)[C@@H](O)[C@H](C/C(C)=N/OCC(=O)CCCCCCNS(=O)(=O)c4cccc5c(N(C)C)cccc45)O[C@@H]3CO)[C@@H]2O)(C(=O)O)C[C@@H]1O.CN(C)c1cccc2c(S(=O)(=O)CCCCCCN)cccc12.Cc1cc(C)cc([N+]2(C)CCOCC2)c1.NOCC(=O)O.[Cl-]. The molecule has 4 fully saturated rings. The van der Waals surface area contributed by atoms with Crippen LogP contribution in [0, 0.1) is 13.8 Å². The molecule has 9 rings (SSSR count). The summed E-state index contributed by atoms with van der Waals surface area (Å²) in [4.78, 5) is 60.2. The number of aryl methyl sites for hydroxylation is 2. The van der Waals surface area contributed by atoms with E-state index in [2.05, 4.69) is 65.0 Å². The maximum Gasteiger partial charge on any atom is 0.364 e. The standard InChI is InChI=1S/C46H70N4O21S.C18H26N2O2S.C13H20NO.C2H5NO3.ClH/c1-24(49-66-23-26(55)11-7-5-6-8-16-47-72(64,65)36-15-10-12-28-29(36)13-9-14-30(28)50(3)4)17-33-38(58)40(60)42(35(22-53)67-33)69-44-41(61)43(39(59)34(21-52)68-44)71-46(45(62)63)19-31(57)37(48-25(2)54)32(70-46)18-27(56)20-51;1-20(2)17-11-7-10-16-15(17)9-8-12-18(16)23(21,22)14-6-4-3-5-13-19;1-11-8-12(2)10-13(9-11)14(3)4-6-15-7-5-14;3-6-1-2(4)5;/h9-10,12-15,27,31-35,37-44,47,51-53,56-61H,5-8,11,16-23H2,1-4H3,(H,48,54)(H,62,63);7-12H,3-6,13-14,19H2,1-2H3;8-10H,4-7H2,1-3H3;1,3H2,(H,4,5);1H/q;;+1;;/p-1/b49-24+;;;;/t27-,31-,32-,33-,34+,35+,37+,38-,39-,40+,41+,42+,43-,44-,46-;;;;/m0..../s1. The number of benzene rings is 5. The van der Waals surface area contributed by atoms with E-state index in [1.165, 1.54) is 23.7 Å². The molecule has 0 unspecified atom stereocenters. The molecule has 38 heteroatoms. The quantitative estimate of drug-likeness (QED) is 0.00960. The van der Waals surface area contributed by atoms with Gasteiger partial charge >= 0.3 is 11.9 Å². The normalized spacial score (nSPS) is 24.9. The predicted octanol–water partition coefficient (Wildman–Crippen LogP) is -1.21. The van der Waals surface area contributed by atoms with Gasteiger partial charge in [0.15, 0.2) is 35.1 Å². The second-order valence-corrected chi connectivity index (χ2v) is 33.8. The first-order chi connectivity index (χ1) is 54.9. The molecule has 1 amide bonds. The molecule has 5 aromatic rings. The van der Waals surface area contributed by atoms with Crippen LogP contribution in [0.25, 0.3) is 21.5 Å². The number of carbonyl (C=O) groups is 4. The summed E-state index contributed by atoms with van der Waals surface area (Å²) in [7, 11) is 2.97. The molecule has 4 heterocycles. The van der Waals surface area contributed by atoms with Crippen LogP contribution in [0.5, 0.6) is 0 Å². The number of quaternary nitrogens is 1. The number of Topliss-reactive ketones (excluding diaryl/α,β-unsaturated/α-hetero) is 1. The summed E-state index contributed by atoms with van der Waals surface area (Å²) in [6, 6.07) is 27.6. The summed E-state index contributed by atoms with van der Waals surface area (Å²) in [5.74, 6) is -2.18. The number of amides is 1. The van der Waals surface area contributed by atoms with E-state index in [-0.39, 0.29) is 60.5 Å². The van der Waals surface area contributed by atoms with Crippen molar-refractivity contribution in [1.82, 2.24) is 14.5 Å². The van der Waals surface area contributed by atoms with Gasteiger partial charge in [-0.1, -0.05) is 85.4 Å². The molecule has 4 saturated heterocycles. The maximum atomic E-state index is 13.2. The van der Waals surface area contributed by atoms with Crippen molar-refractivity contribution in [3.63, 3.8) is 0 Å². The van der Waals surface area contributed by atoms with Gasteiger partial charge < -0.3 is 123 Å². The lowest BCUT2D eigenvalue weighted by atomic mass is 9.89. The Balaban J connectivity index is 0.000000433. The fourth-order valence-electron chi connectivity index (χ4n) is 14.2. The van der Waals surface area contributed by atoms with E-state index in [0.717, 1.165) is 84.5 Å². The summed E-state index contributed by atoms with van der Waals surface area (Å²) in [5, 5.41) is 124. The van der Waals surface area contributed by atoms with Gasteiger partial charge in [0.2, 0.25) is 15.9 Å². The van der Waals surface area contributed by atoms with Gasteiger partial charge in [0.1, 0.15) is 67.6 Å². The number of oxime groups is 1. The van der Waals surface area contributed by atoms with Gasteiger partial charge in [-0.15, -0.1) is 0 Å². The minimum absolute atomic E-state index is 0. The lowest BCUT2D eigenvalue weighted by Crippen LogP contribution is -3.00. The number of carboxylic acid groups (broad SMARTS) is 2. The number of anilines is 2. The van der Waals surface area contributed by atoms with Crippen LogP contribution in [-0.4, -0.2) is 307 Å². The van der Waals surface area contributed by atoms with Crippen LogP contribution in [0.4, 0.5) is 17.1 Å². The van der Waals surface area contributed by atoms with Crippen LogP contribution in [-0.2, 0) is 77.1 Å². The van der Waals surface area contributed by atoms with E-state index in [1.54, 1.807) is 24.3 Å². The van der Waals surface area contributed by atoms with Crippen molar-refractivity contribution in [2.75, 3.05) is 123 Å². The average Bonchev–Trinajstić information content (AvgIpc) is 0.762. The highest BCUT2D eigenvalue weighted by molar-refractivity contribution is 7.91. The highest BCUT2D eigenvalue weighted by atomic mass is 35.5. The number of aliphatic hydroxyl groups is 9. The molecule has 0 spiro atoms. The van der Waals surface area contributed by atoms with E-state index in [4.69, 9.17) is 44.1 Å². The molecule has 0 aliphatic carbocycles. The minimum atomic E-state index is -3.78. The van der Waals surface area contributed by atoms with E-state index >= 15 is 0 Å². The largest absolute Gasteiger partial charge is 1.00 e. The molecule has 35 nitrogen and oxygen atoms in total. The molecule has 4 aliphatic rings. The van der Waals surface area contributed by atoms with E-state index in [1.807, 2.05) is 86.5 Å². The Morgan fingerprint density at radius 3 is 1.79 bits per heavy atom. The zero-order valence-electron chi connectivity index (χ0n) is 67.8. The van der Waals surface area contributed by atoms with Gasteiger partial charge in [0, 0.05) is 112 Å². The number of carboxylic acids is 2. The Kier molecular flexibility index (Phi) is 41.3. The number of likely N-dealkylation sites (N-methyl/N-ethyl adjacent to an activating group) is 1. The molecule has 0 bridgehead atoms. The zero-order valence-corrected chi connectivity index (χ0v) is 70.2. The monoisotopic (exact) mass is 1710 g/mol. The molecule has 5 aromatic carbocycles. The van der Waals surface area contributed by atoms with E-state index in [0.29, 0.717) is 48.9 Å². The number of nitrogens with zero attached hydrogens (tertiary/aromatic N) is 4. The number of sulfone groups is 1. The highest BCUT2D eigenvalue weighted by Gasteiger charge is 2.59. The fourth-order valence-corrected chi connectivity index (χ4v) is 17.1. The van der Waals surface area contributed by atoms with Gasteiger partial charge in [-0.25, -0.2) is 37.0 Å². The second-order valence-electron chi connectivity index (χ2n) is 30.0. The number of hydrogen-bond donors (Lipinski definition) is 15. The number of hydrogen-bond acceptors (Lipinski definition) is 30. The first-order valence-corrected chi connectivity index (χ1v) is 41.8. The number of aliphatic hydroxyl groups excluding tert-OH is 9. The summed E-state index contributed by atoms with van der Waals surface area (Å²) >= 11 is 0. The first-order valence-electron chi connectivity index (χ1n) is 38.7. The summed E-state index contributed by atoms with van der Waals surface area (Å²) in [6.07, 6.45) is -18.0. The Morgan fingerprint density at radius 1 is 0.684 bits per heavy atom. The molecule has 4 aliphatic heterocycles. The van der Waals surface area contributed by atoms with Crippen LogP contribution in [0.2, 0.25) is 0 Å². The summed E-state index contributed by atoms with van der Waals surface area (Å²) in [6.45, 7) is 8.38. The third-order valence-corrected chi connectivity index (χ3v) is 23.6. The lowest BCUT2D eigenvalue weighted by molar-refractivity contribution is -0.378.